The molecule has 2 atom stereocenters. The zero-order valence-corrected chi connectivity index (χ0v) is 10.0. The number of imidazole rings is 1. The molecule has 3 nitrogen and oxygen atoms in total. The van der Waals surface area contributed by atoms with Gasteiger partial charge in [-0.25, -0.2) is 4.79 Å². The molecular weight excluding hydrogens is 200 g/mol. The van der Waals surface area contributed by atoms with Crippen molar-refractivity contribution < 1.29 is 0 Å². The maximum Gasteiger partial charge on any atom is 0.323 e. The van der Waals surface area contributed by atoms with Gasteiger partial charge in [-0.3, -0.25) is 0 Å². The summed E-state index contributed by atoms with van der Waals surface area (Å²) in [5.74, 6) is 0.543. The molecule has 1 heterocycles. The summed E-state index contributed by atoms with van der Waals surface area (Å²) >= 11 is 0. The van der Waals surface area contributed by atoms with Crippen LogP contribution in [0, 0.1) is 11.3 Å². The van der Waals surface area contributed by atoms with Crippen LogP contribution in [0.5, 0.6) is 0 Å². The molecule has 0 aromatic carbocycles. The van der Waals surface area contributed by atoms with Crippen molar-refractivity contribution >= 4 is 12.2 Å². The molecule has 0 amide bonds. The van der Waals surface area contributed by atoms with Crippen molar-refractivity contribution in [1.82, 2.24) is 9.97 Å². The molecule has 0 fully saturated rings. The predicted octanol–water partition coefficient (Wildman–Crippen LogP) is 0.886. The predicted molar refractivity (Wildman–Crippen MR) is 66.3 cm³/mol. The second kappa shape index (κ2) is 3.81. The van der Waals surface area contributed by atoms with Crippen LogP contribution >= 0.6 is 0 Å². The van der Waals surface area contributed by atoms with Crippen molar-refractivity contribution in [2.24, 2.45) is 11.3 Å². The second-order valence-corrected chi connectivity index (χ2v) is 4.75. The quantitative estimate of drug-likeness (QED) is 0.761. The van der Waals surface area contributed by atoms with Crippen LogP contribution in [0.25, 0.3) is 12.2 Å². The van der Waals surface area contributed by atoms with E-state index in [-0.39, 0.29) is 11.1 Å². The Bertz CT molecular complexity index is 576. The van der Waals surface area contributed by atoms with Gasteiger partial charge >= 0.3 is 5.69 Å². The molecule has 86 valence electrons. The molecule has 2 N–H and O–H groups in total. The molecule has 1 aliphatic rings. The number of hydrogen-bond donors (Lipinski definition) is 2. The van der Waals surface area contributed by atoms with Gasteiger partial charge in [0.15, 0.2) is 0 Å². The van der Waals surface area contributed by atoms with Gasteiger partial charge in [0.05, 0.1) is 10.7 Å². The molecule has 0 saturated carbocycles. The molecule has 0 saturated heterocycles. The topological polar surface area (TPSA) is 48.6 Å². The fourth-order valence-electron chi connectivity index (χ4n) is 2.11. The first-order valence-electron chi connectivity index (χ1n) is 5.76. The van der Waals surface area contributed by atoms with E-state index in [9.17, 15) is 4.79 Å². The Hall–Kier alpha value is -1.51. The van der Waals surface area contributed by atoms with E-state index in [4.69, 9.17) is 0 Å². The van der Waals surface area contributed by atoms with Gasteiger partial charge in [0, 0.05) is 5.41 Å². The van der Waals surface area contributed by atoms with Gasteiger partial charge in [0.1, 0.15) is 0 Å². The first-order valence-corrected chi connectivity index (χ1v) is 5.76. The van der Waals surface area contributed by atoms with Crippen molar-refractivity contribution in [3.63, 3.8) is 0 Å². The van der Waals surface area contributed by atoms with E-state index in [0.29, 0.717) is 5.92 Å². The Balaban J connectivity index is 2.63. The molecule has 1 aliphatic carbocycles. The van der Waals surface area contributed by atoms with E-state index in [1.54, 1.807) is 0 Å². The number of nitrogens with one attached hydrogen (secondary N) is 2. The summed E-state index contributed by atoms with van der Waals surface area (Å²) in [5.41, 5.74) is -0.138. The summed E-state index contributed by atoms with van der Waals surface area (Å²) in [7, 11) is 0. The Morgan fingerprint density at radius 1 is 1.38 bits per heavy atom. The maximum absolute atomic E-state index is 11.2. The zero-order chi connectivity index (χ0) is 11.8. The van der Waals surface area contributed by atoms with Gasteiger partial charge in [-0.05, 0) is 18.1 Å². The summed E-state index contributed by atoms with van der Waals surface area (Å²) in [4.78, 5) is 16.9. The van der Waals surface area contributed by atoms with Gasteiger partial charge in [0.2, 0.25) is 0 Å². The molecule has 16 heavy (non-hydrogen) atoms. The van der Waals surface area contributed by atoms with Gasteiger partial charge < -0.3 is 9.97 Å². The summed E-state index contributed by atoms with van der Waals surface area (Å²) in [6.07, 6.45) is 9.43. The van der Waals surface area contributed by atoms with Gasteiger partial charge in [0.25, 0.3) is 0 Å². The van der Waals surface area contributed by atoms with Crippen molar-refractivity contribution in [2.45, 2.75) is 27.2 Å². The highest BCUT2D eigenvalue weighted by atomic mass is 16.1. The molecule has 0 aliphatic heterocycles. The van der Waals surface area contributed by atoms with Crippen LogP contribution in [-0.2, 0) is 0 Å². The third-order valence-electron chi connectivity index (χ3n) is 3.63. The van der Waals surface area contributed by atoms with Crippen molar-refractivity contribution in [2.75, 3.05) is 0 Å². The van der Waals surface area contributed by atoms with Crippen LogP contribution in [0.2, 0.25) is 0 Å². The van der Waals surface area contributed by atoms with E-state index < -0.39 is 0 Å². The molecular formula is C13H18N2O. The molecule has 2 unspecified atom stereocenters. The number of hydrogen-bond acceptors (Lipinski definition) is 1. The number of allylic oxidation sites excluding steroid dienone is 2. The molecule has 3 heteroatoms. The summed E-state index contributed by atoms with van der Waals surface area (Å²) in [6.45, 7) is 6.62. The van der Waals surface area contributed by atoms with Crippen LogP contribution in [0.3, 0.4) is 0 Å². The lowest BCUT2D eigenvalue weighted by molar-refractivity contribution is 0.365. The average Bonchev–Trinajstić information content (AvgIpc) is 2.49. The second-order valence-electron chi connectivity index (χ2n) is 4.75. The fourth-order valence-corrected chi connectivity index (χ4v) is 2.11. The minimum absolute atomic E-state index is 0.00162. The van der Waals surface area contributed by atoms with Crippen LogP contribution in [0.4, 0.5) is 0 Å². The van der Waals surface area contributed by atoms with E-state index in [1.807, 2.05) is 12.2 Å². The lowest BCUT2D eigenvalue weighted by Gasteiger charge is -2.28. The number of aromatic nitrogens is 2. The van der Waals surface area contributed by atoms with Crippen LogP contribution in [-0.4, -0.2) is 9.97 Å². The van der Waals surface area contributed by atoms with Crippen molar-refractivity contribution in [3.05, 3.63) is 33.3 Å². The Labute approximate surface area is 94.6 Å². The van der Waals surface area contributed by atoms with E-state index in [0.717, 1.165) is 17.1 Å². The van der Waals surface area contributed by atoms with E-state index >= 15 is 0 Å². The third kappa shape index (κ3) is 1.77. The van der Waals surface area contributed by atoms with Crippen LogP contribution in [0.1, 0.15) is 27.2 Å². The number of rotatable bonds is 2. The zero-order valence-electron chi connectivity index (χ0n) is 10.0. The molecule has 0 radical (unpaired) electrons. The highest BCUT2D eigenvalue weighted by Gasteiger charge is 2.25. The first-order chi connectivity index (χ1) is 7.55. The number of fused-ring (bicyclic) bond motifs is 1. The Morgan fingerprint density at radius 2 is 2.06 bits per heavy atom. The van der Waals surface area contributed by atoms with Crippen LogP contribution < -0.4 is 16.4 Å². The van der Waals surface area contributed by atoms with Gasteiger partial charge in [-0.15, -0.1) is 0 Å². The highest BCUT2D eigenvalue weighted by Crippen LogP contribution is 2.33. The lowest BCUT2D eigenvalue weighted by Crippen LogP contribution is -2.29. The monoisotopic (exact) mass is 218 g/mol. The Morgan fingerprint density at radius 3 is 2.75 bits per heavy atom. The highest BCUT2D eigenvalue weighted by molar-refractivity contribution is 5.46. The molecule has 0 bridgehead atoms. The first kappa shape index (κ1) is 11.0. The average molecular weight is 218 g/mol. The van der Waals surface area contributed by atoms with Crippen molar-refractivity contribution in [3.8, 4) is 0 Å². The third-order valence-corrected chi connectivity index (χ3v) is 3.63. The smallest absolute Gasteiger partial charge is 0.306 e. The standard InChI is InChI=1S/C13H18N2O/c1-4-9(2)13(3)7-5-6-10-11(8-13)15-12(16)14-10/h5-9H,4H2,1-3H3,(H2,14,15,16). The van der Waals surface area contributed by atoms with E-state index in [1.165, 1.54) is 0 Å². The SMILES string of the molecule is CCC(C)C1(C)C=CC=c2[nH]c(=O)[nH]c2=C1. The van der Waals surface area contributed by atoms with Gasteiger partial charge in [-0.2, -0.15) is 0 Å². The van der Waals surface area contributed by atoms with Crippen molar-refractivity contribution in [1.29, 1.82) is 0 Å². The van der Waals surface area contributed by atoms with Gasteiger partial charge in [-0.1, -0.05) is 39.3 Å². The number of aromatic amines is 2. The number of H-pyrrole nitrogens is 2. The Kier molecular flexibility index (Phi) is 2.62. The van der Waals surface area contributed by atoms with Crippen LogP contribution in [0.15, 0.2) is 16.9 Å². The lowest BCUT2D eigenvalue weighted by atomic mass is 9.76. The molecule has 1 aromatic heterocycles. The maximum atomic E-state index is 11.2. The molecule has 0 spiro atoms. The summed E-state index contributed by atoms with van der Waals surface area (Å²) in [6, 6.07) is 0. The fraction of sp³-hybridized carbons (Fsp3) is 0.462. The molecule has 2 rings (SSSR count). The van der Waals surface area contributed by atoms with E-state index in [2.05, 4.69) is 42.9 Å². The summed E-state index contributed by atoms with van der Waals surface area (Å²) < 4.78 is 0. The molecule has 1 aromatic rings. The summed E-state index contributed by atoms with van der Waals surface area (Å²) in [5, 5.41) is 1.77. The minimum Gasteiger partial charge on any atom is -0.306 e. The largest absolute Gasteiger partial charge is 0.323 e. The normalized spacial score (nSPS) is 25.2. The minimum atomic E-state index is -0.140.